The summed E-state index contributed by atoms with van der Waals surface area (Å²) in [5.41, 5.74) is 2.82. The van der Waals surface area contributed by atoms with E-state index in [4.69, 9.17) is 9.05 Å². The maximum Gasteiger partial charge on any atom is 0.421 e. The van der Waals surface area contributed by atoms with Crippen LogP contribution < -0.4 is 10.6 Å². The van der Waals surface area contributed by atoms with Crippen molar-refractivity contribution in [2.24, 2.45) is 0 Å². The third-order valence-corrected chi connectivity index (χ3v) is 10.2. The molecule has 235 valence electrons. The van der Waals surface area contributed by atoms with E-state index in [1.807, 2.05) is 6.07 Å². The van der Waals surface area contributed by atoms with Crippen LogP contribution in [-0.4, -0.2) is 57.1 Å². The van der Waals surface area contributed by atoms with Crippen LogP contribution in [0.1, 0.15) is 70.6 Å². The van der Waals surface area contributed by atoms with Gasteiger partial charge in [-0.15, -0.1) is 0 Å². The van der Waals surface area contributed by atoms with E-state index < -0.39 is 25.5 Å². The second-order valence-electron chi connectivity index (χ2n) is 11.4. The lowest BCUT2D eigenvalue weighted by molar-refractivity contribution is -0.137. The van der Waals surface area contributed by atoms with Crippen molar-refractivity contribution in [1.82, 2.24) is 14.9 Å². The number of anilines is 4. The van der Waals surface area contributed by atoms with Gasteiger partial charge in [0.2, 0.25) is 13.9 Å². The quantitative estimate of drug-likeness (QED) is 0.223. The van der Waals surface area contributed by atoms with Crippen LogP contribution in [0.4, 0.5) is 36.3 Å². The molecule has 0 unspecified atom stereocenters. The minimum atomic E-state index is -4.72. The maximum atomic E-state index is 13.9. The molecule has 0 atom stereocenters. The third kappa shape index (κ3) is 6.52. The number of nitrogens with zero attached hydrogens (tertiary/aromatic N) is 3. The fourth-order valence-electron chi connectivity index (χ4n) is 5.98. The molecule has 3 aliphatic rings. The zero-order chi connectivity index (χ0) is 31.1. The Hall–Kier alpha value is -3.35. The van der Waals surface area contributed by atoms with Gasteiger partial charge in [0.05, 0.1) is 36.7 Å². The molecule has 0 spiro atoms. The summed E-state index contributed by atoms with van der Waals surface area (Å²) in [4.78, 5) is 33.4. The first-order chi connectivity index (χ1) is 21.0. The van der Waals surface area contributed by atoms with E-state index in [-0.39, 0.29) is 30.0 Å². The minimum Gasteiger partial charge on any atom is -0.393 e. The highest BCUT2D eigenvalue weighted by molar-refractivity contribution is 7.59. The molecule has 10 nitrogen and oxygen atoms in total. The lowest BCUT2D eigenvalue weighted by atomic mass is 9.80. The number of hydrogen-bond acceptors (Lipinski definition) is 9. The van der Waals surface area contributed by atoms with Crippen molar-refractivity contribution in [3.8, 4) is 0 Å². The summed E-state index contributed by atoms with van der Waals surface area (Å²) in [5, 5.41) is 15.7. The normalized spacial score (nSPS) is 21.7. The molecule has 2 aliphatic heterocycles. The van der Waals surface area contributed by atoms with Crippen molar-refractivity contribution in [3.63, 3.8) is 0 Å². The van der Waals surface area contributed by atoms with E-state index in [0.29, 0.717) is 67.7 Å². The summed E-state index contributed by atoms with van der Waals surface area (Å²) < 4.78 is 52.7. The molecule has 6 rings (SSSR count). The molecule has 14 heteroatoms. The second-order valence-corrected chi connectivity index (χ2v) is 13.5. The number of hydrogen-bond donors (Lipinski definition) is 4. The number of aromatic nitrogens is 2. The highest BCUT2D eigenvalue weighted by atomic mass is 31.2. The van der Waals surface area contributed by atoms with Gasteiger partial charge in [0, 0.05) is 25.5 Å². The van der Waals surface area contributed by atoms with Gasteiger partial charge < -0.3 is 34.6 Å². The topological polar surface area (TPSA) is 129 Å². The molecule has 1 saturated carbocycles. The number of aliphatic hydroxyl groups excluding tert-OH is 1. The Morgan fingerprint density at radius 2 is 1.75 bits per heavy atom. The summed E-state index contributed by atoms with van der Waals surface area (Å²) in [6.07, 6.45) is -0.402. The predicted molar refractivity (Wildman–Crippen MR) is 159 cm³/mol. The van der Waals surface area contributed by atoms with E-state index in [9.17, 15) is 28.0 Å². The van der Waals surface area contributed by atoms with E-state index in [1.54, 1.807) is 42.3 Å². The van der Waals surface area contributed by atoms with E-state index >= 15 is 0 Å². The molecule has 0 bridgehead atoms. The molecule has 44 heavy (non-hydrogen) atoms. The Morgan fingerprint density at radius 3 is 2.43 bits per heavy atom. The van der Waals surface area contributed by atoms with Crippen LogP contribution >= 0.6 is 7.94 Å². The molecule has 4 N–H and O–H groups in total. The summed E-state index contributed by atoms with van der Waals surface area (Å²) in [5.74, 6) is -0.529. The molecule has 3 heterocycles. The Morgan fingerprint density at radius 1 is 1.05 bits per heavy atom. The number of fused-ring (bicyclic) bond motifs is 1. The third-order valence-electron chi connectivity index (χ3n) is 8.26. The smallest absolute Gasteiger partial charge is 0.393 e. The number of carbonyl (C=O) groups is 1. The molecule has 1 aliphatic carbocycles. The van der Waals surface area contributed by atoms with Crippen molar-refractivity contribution in [3.05, 3.63) is 70.4 Å². The van der Waals surface area contributed by atoms with Crippen LogP contribution in [0.5, 0.6) is 0 Å². The Balaban J connectivity index is 1.25. The number of amides is 1. The average Bonchev–Trinajstić information content (AvgIpc) is 3.28. The van der Waals surface area contributed by atoms with Crippen LogP contribution in [0.3, 0.4) is 0 Å². The molecular weight excluding hydrogens is 598 g/mol. The fourth-order valence-corrected chi connectivity index (χ4v) is 7.74. The minimum absolute atomic E-state index is 0.103. The first-order valence-electron chi connectivity index (χ1n) is 14.6. The number of carbonyl (C=O) groups excluding carboxylic acids is 1. The van der Waals surface area contributed by atoms with E-state index in [2.05, 4.69) is 20.6 Å². The van der Waals surface area contributed by atoms with E-state index in [0.717, 1.165) is 24.0 Å². The number of aliphatic hydroxyl groups is 1. The van der Waals surface area contributed by atoms with Crippen molar-refractivity contribution in [1.29, 1.82) is 0 Å². The molecule has 2 aromatic carbocycles. The summed E-state index contributed by atoms with van der Waals surface area (Å²) in [6.45, 7) is 1.25. The van der Waals surface area contributed by atoms with Crippen molar-refractivity contribution in [2.75, 3.05) is 30.9 Å². The largest absolute Gasteiger partial charge is 0.421 e. The first kappa shape index (κ1) is 30.7. The zero-order valence-corrected chi connectivity index (χ0v) is 25.0. The van der Waals surface area contributed by atoms with Gasteiger partial charge >= 0.3 is 6.18 Å². The van der Waals surface area contributed by atoms with Gasteiger partial charge in [-0.1, -0.05) is 18.2 Å². The highest BCUT2D eigenvalue weighted by Crippen LogP contribution is 2.61. The number of nitrogens with one attached hydrogen (secondary N) is 2. The van der Waals surface area contributed by atoms with Crippen LogP contribution in [0.2, 0.25) is 0 Å². The van der Waals surface area contributed by atoms with Gasteiger partial charge in [0.25, 0.3) is 5.91 Å². The van der Waals surface area contributed by atoms with Crippen LogP contribution in [0.15, 0.2) is 42.6 Å². The van der Waals surface area contributed by atoms with Crippen molar-refractivity contribution < 1.29 is 37.0 Å². The van der Waals surface area contributed by atoms with Gasteiger partial charge in [-0.3, -0.25) is 4.79 Å². The standard InChI is InChI=1S/C30H34F3N5O5P/c1-38-16-23-22(19-5-9-21(39)10-6-19)11-12-25(26(23)28(38)40)36-29-34-15-24(30(31,32)33)27(37-29)35-20-7-3-18(4-8-20)17-44(41)42-13-2-14-43-44/h3-4,7-8,11-12,15,19,21,39,41H,2,5-6,9-10,13-14,16-17H2,1H3,(H2,34,35,36,37). The molecule has 2 fully saturated rings. The molecule has 1 aromatic heterocycles. The number of alkyl halides is 3. The monoisotopic (exact) mass is 632 g/mol. The molecule has 1 radical (unpaired) electrons. The number of rotatable bonds is 7. The second kappa shape index (κ2) is 12.2. The summed E-state index contributed by atoms with van der Waals surface area (Å²) in [7, 11) is -1.29. The molecule has 1 amide bonds. The zero-order valence-electron chi connectivity index (χ0n) is 24.1. The lowest BCUT2D eigenvalue weighted by Gasteiger charge is -2.32. The SMILES string of the molecule is CN1Cc2c(C3CCC(O)CC3)ccc(Nc3ncc(C(F)(F)F)c(Nc4ccc(C[P]5(O)OCCCO5)cc4)n3)c2C1=O. The Labute approximate surface area is 253 Å². The van der Waals surface area contributed by atoms with Gasteiger partial charge in [-0.25, -0.2) is 4.98 Å². The Bertz CT molecular complexity index is 1530. The van der Waals surface area contributed by atoms with E-state index in [1.165, 1.54) is 0 Å². The Kier molecular flexibility index (Phi) is 8.51. The van der Waals surface area contributed by atoms with Crippen molar-refractivity contribution >= 4 is 37.0 Å². The fraction of sp³-hybridized carbons (Fsp3) is 0.433. The summed E-state index contributed by atoms with van der Waals surface area (Å²) in [6, 6.07) is 10.2. The van der Waals surface area contributed by atoms with Crippen molar-refractivity contribution in [2.45, 2.75) is 63.0 Å². The highest BCUT2D eigenvalue weighted by Gasteiger charge is 2.37. The average molecular weight is 633 g/mol. The van der Waals surface area contributed by atoms with Gasteiger partial charge in [-0.05, 0) is 72.9 Å². The molecule has 1 saturated heterocycles. The summed E-state index contributed by atoms with van der Waals surface area (Å²) >= 11 is 0. The first-order valence-corrected chi connectivity index (χ1v) is 16.3. The maximum absolute atomic E-state index is 13.9. The van der Waals surface area contributed by atoms with Gasteiger partial charge in [0.1, 0.15) is 11.4 Å². The molecule has 3 aromatic rings. The number of benzene rings is 2. The van der Waals surface area contributed by atoms with Crippen LogP contribution in [-0.2, 0) is 27.9 Å². The van der Waals surface area contributed by atoms with Crippen LogP contribution in [0.25, 0.3) is 0 Å². The lowest BCUT2D eigenvalue weighted by Crippen LogP contribution is -2.18. The molecular formula is C30H34F3N5O5P. The number of halogens is 3. The van der Waals surface area contributed by atoms with Crippen LogP contribution in [0, 0.1) is 0 Å². The van der Waals surface area contributed by atoms with Gasteiger partial charge in [0.15, 0.2) is 0 Å². The predicted octanol–water partition coefficient (Wildman–Crippen LogP) is 6.28. The van der Waals surface area contributed by atoms with Gasteiger partial charge in [-0.2, -0.15) is 18.2 Å².